The molecule has 0 heterocycles. The standard InChI is InChI=1S/C30H34N2O4/c1-20(2)17-26(18-27(33)34)29(35)32-28(30(36)31-19-22-11-9-21(3)10-12-22)25-15-13-24(14-16-25)23-7-5-4-6-8-23/h4-16,20,26,28H,17-19H2,1-3H3,(H,31,36)(H,32,35)(H,33,34)/t26-,28?/m1/s1. The van der Waals surface area contributed by atoms with Crippen molar-refractivity contribution in [1.29, 1.82) is 0 Å². The molecule has 36 heavy (non-hydrogen) atoms. The van der Waals surface area contributed by atoms with Crippen molar-refractivity contribution in [1.82, 2.24) is 10.6 Å². The van der Waals surface area contributed by atoms with Gasteiger partial charge in [-0.2, -0.15) is 0 Å². The number of aryl methyl sites for hydroxylation is 1. The molecule has 188 valence electrons. The molecule has 3 rings (SSSR count). The molecule has 0 spiro atoms. The summed E-state index contributed by atoms with van der Waals surface area (Å²) in [5.74, 6) is -2.41. The number of hydrogen-bond donors (Lipinski definition) is 3. The molecular weight excluding hydrogens is 452 g/mol. The molecule has 0 saturated heterocycles. The number of carboxylic acid groups (broad SMARTS) is 1. The van der Waals surface area contributed by atoms with E-state index in [2.05, 4.69) is 10.6 Å². The van der Waals surface area contributed by atoms with E-state index >= 15 is 0 Å². The van der Waals surface area contributed by atoms with Gasteiger partial charge in [0.25, 0.3) is 0 Å². The number of hydrogen-bond acceptors (Lipinski definition) is 3. The molecule has 0 fully saturated rings. The molecule has 0 aliphatic rings. The van der Waals surface area contributed by atoms with Crippen molar-refractivity contribution < 1.29 is 19.5 Å². The number of amides is 2. The first-order valence-corrected chi connectivity index (χ1v) is 12.2. The van der Waals surface area contributed by atoms with Crippen LogP contribution < -0.4 is 10.6 Å². The maximum atomic E-state index is 13.3. The molecule has 6 nitrogen and oxygen atoms in total. The molecule has 0 aromatic heterocycles. The third-order valence-corrected chi connectivity index (χ3v) is 6.04. The van der Waals surface area contributed by atoms with Gasteiger partial charge in [0, 0.05) is 12.5 Å². The molecule has 6 heteroatoms. The Morgan fingerprint density at radius 2 is 1.42 bits per heavy atom. The molecular formula is C30H34N2O4. The Hall–Kier alpha value is -3.93. The van der Waals surface area contributed by atoms with Crippen LogP contribution in [0.4, 0.5) is 0 Å². The summed E-state index contributed by atoms with van der Waals surface area (Å²) in [4.78, 5) is 37.8. The van der Waals surface area contributed by atoms with E-state index in [1.54, 1.807) is 0 Å². The van der Waals surface area contributed by atoms with Crippen LogP contribution in [0.15, 0.2) is 78.9 Å². The average Bonchev–Trinajstić information content (AvgIpc) is 2.86. The number of carbonyl (C=O) groups is 3. The first kappa shape index (κ1) is 26.7. The van der Waals surface area contributed by atoms with Crippen LogP contribution in [0.5, 0.6) is 0 Å². The molecule has 3 aromatic carbocycles. The first-order chi connectivity index (χ1) is 17.2. The van der Waals surface area contributed by atoms with E-state index in [0.717, 1.165) is 22.3 Å². The van der Waals surface area contributed by atoms with Gasteiger partial charge in [0.2, 0.25) is 11.8 Å². The fraction of sp³-hybridized carbons (Fsp3) is 0.300. The minimum Gasteiger partial charge on any atom is -0.481 e. The highest BCUT2D eigenvalue weighted by atomic mass is 16.4. The molecule has 1 unspecified atom stereocenters. The Morgan fingerprint density at radius 3 is 2.00 bits per heavy atom. The van der Waals surface area contributed by atoms with Crippen LogP contribution in [0.2, 0.25) is 0 Å². The molecule has 3 aromatic rings. The lowest BCUT2D eigenvalue weighted by atomic mass is 9.92. The van der Waals surface area contributed by atoms with E-state index in [9.17, 15) is 19.5 Å². The van der Waals surface area contributed by atoms with Crippen LogP contribution in [0.3, 0.4) is 0 Å². The normalized spacial score (nSPS) is 12.6. The predicted octanol–water partition coefficient (Wildman–Crippen LogP) is 5.27. The molecule has 0 aliphatic heterocycles. The number of carboxylic acids is 1. The van der Waals surface area contributed by atoms with Crippen LogP contribution in [-0.2, 0) is 20.9 Å². The number of rotatable bonds is 11. The molecule has 0 radical (unpaired) electrons. The van der Waals surface area contributed by atoms with Gasteiger partial charge in [-0.1, -0.05) is 98.3 Å². The van der Waals surface area contributed by atoms with Gasteiger partial charge >= 0.3 is 5.97 Å². The zero-order chi connectivity index (χ0) is 26.1. The molecule has 0 bridgehead atoms. The Labute approximate surface area is 212 Å². The Balaban J connectivity index is 1.83. The summed E-state index contributed by atoms with van der Waals surface area (Å²) in [7, 11) is 0. The summed E-state index contributed by atoms with van der Waals surface area (Å²) < 4.78 is 0. The van der Waals surface area contributed by atoms with Crippen LogP contribution in [0.25, 0.3) is 11.1 Å². The third-order valence-electron chi connectivity index (χ3n) is 6.04. The van der Waals surface area contributed by atoms with Crippen molar-refractivity contribution in [2.75, 3.05) is 0 Å². The Bertz CT molecular complexity index is 1160. The second-order valence-corrected chi connectivity index (χ2v) is 9.56. The summed E-state index contributed by atoms with van der Waals surface area (Å²) in [6.45, 7) is 6.20. The van der Waals surface area contributed by atoms with E-state index in [1.807, 2.05) is 99.6 Å². The van der Waals surface area contributed by atoms with Crippen LogP contribution >= 0.6 is 0 Å². The number of aliphatic carboxylic acids is 1. The van der Waals surface area contributed by atoms with E-state index in [0.29, 0.717) is 18.5 Å². The Morgan fingerprint density at radius 1 is 0.806 bits per heavy atom. The fourth-order valence-electron chi connectivity index (χ4n) is 4.12. The monoisotopic (exact) mass is 486 g/mol. The SMILES string of the molecule is Cc1ccc(CNC(=O)C(NC(=O)[C@@H](CC(=O)O)CC(C)C)c2ccc(-c3ccccc3)cc2)cc1. The van der Waals surface area contributed by atoms with Gasteiger partial charge in [-0.15, -0.1) is 0 Å². The largest absolute Gasteiger partial charge is 0.481 e. The summed E-state index contributed by atoms with van der Waals surface area (Å²) in [6, 6.07) is 24.3. The zero-order valence-corrected chi connectivity index (χ0v) is 21.0. The second kappa shape index (κ2) is 12.7. The maximum Gasteiger partial charge on any atom is 0.304 e. The zero-order valence-electron chi connectivity index (χ0n) is 21.0. The average molecular weight is 487 g/mol. The lowest BCUT2D eigenvalue weighted by Gasteiger charge is -2.23. The molecule has 3 N–H and O–H groups in total. The van der Waals surface area contributed by atoms with Gasteiger partial charge in [0.1, 0.15) is 6.04 Å². The van der Waals surface area contributed by atoms with E-state index in [4.69, 9.17) is 0 Å². The van der Waals surface area contributed by atoms with Crippen molar-refractivity contribution in [2.45, 2.75) is 46.2 Å². The quantitative estimate of drug-likeness (QED) is 0.344. The van der Waals surface area contributed by atoms with Crippen molar-refractivity contribution in [3.63, 3.8) is 0 Å². The molecule has 2 amide bonds. The van der Waals surface area contributed by atoms with Crippen molar-refractivity contribution in [2.24, 2.45) is 11.8 Å². The first-order valence-electron chi connectivity index (χ1n) is 12.2. The van der Waals surface area contributed by atoms with Crippen LogP contribution in [0.1, 0.15) is 49.4 Å². The lowest BCUT2D eigenvalue weighted by molar-refractivity contribution is -0.141. The second-order valence-electron chi connectivity index (χ2n) is 9.56. The van der Waals surface area contributed by atoms with Crippen molar-refractivity contribution >= 4 is 17.8 Å². The summed E-state index contributed by atoms with van der Waals surface area (Å²) in [5.41, 5.74) is 4.74. The molecule has 0 aliphatic carbocycles. The van der Waals surface area contributed by atoms with Gasteiger partial charge in [0.05, 0.1) is 6.42 Å². The van der Waals surface area contributed by atoms with Gasteiger partial charge in [-0.3, -0.25) is 14.4 Å². The highest BCUT2D eigenvalue weighted by molar-refractivity contribution is 5.90. The lowest BCUT2D eigenvalue weighted by Crippen LogP contribution is -2.43. The van der Waals surface area contributed by atoms with Crippen LogP contribution in [-0.4, -0.2) is 22.9 Å². The maximum absolute atomic E-state index is 13.3. The van der Waals surface area contributed by atoms with E-state index in [1.165, 1.54) is 0 Å². The third kappa shape index (κ3) is 7.80. The highest BCUT2D eigenvalue weighted by Crippen LogP contribution is 2.24. The fourth-order valence-corrected chi connectivity index (χ4v) is 4.12. The van der Waals surface area contributed by atoms with Gasteiger partial charge in [-0.05, 0) is 41.5 Å². The summed E-state index contributed by atoms with van der Waals surface area (Å²) >= 11 is 0. The van der Waals surface area contributed by atoms with E-state index < -0.39 is 23.8 Å². The summed E-state index contributed by atoms with van der Waals surface area (Å²) in [6.07, 6.45) is 0.136. The smallest absolute Gasteiger partial charge is 0.304 e. The number of benzene rings is 3. The minimum absolute atomic E-state index is 0.138. The van der Waals surface area contributed by atoms with E-state index in [-0.39, 0.29) is 18.2 Å². The van der Waals surface area contributed by atoms with Crippen LogP contribution in [0, 0.1) is 18.8 Å². The predicted molar refractivity (Wildman–Crippen MR) is 141 cm³/mol. The number of carbonyl (C=O) groups excluding carboxylic acids is 2. The minimum atomic E-state index is -1.04. The topological polar surface area (TPSA) is 95.5 Å². The number of nitrogens with one attached hydrogen (secondary N) is 2. The van der Waals surface area contributed by atoms with Gasteiger partial charge in [-0.25, -0.2) is 0 Å². The highest BCUT2D eigenvalue weighted by Gasteiger charge is 2.28. The summed E-state index contributed by atoms with van der Waals surface area (Å²) in [5, 5.41) is 15.1. The Kier molecular flexibility index (Phi) is 9.39. The van der Waals surface area contributed by atoms with Crippen molar-refractivity contribution in [3.05, 3.63) is 95.6 Å². The van der Waals surface area contributed by atoms with Gasteiger partial charge in [0.15, 0.2) is 0 Å². The van der Waals surface area contributed by atoms with Gasteiger partial charge < -0.3 is 15.7 Å². The molecule has 2 atom stereocenters. The molecule has 0 saturated carbocycles. The van der Waals surface area contributed by atoms with Crippen molar-refractivity contribution in [3.8, 4) is 11.1 Å².